The van der Waals surface area contributed by atoms with Crippen molar-refractivity contribution < 1.29 is 4.79 Å². The number of nitrogens with zero attached hydrogens (tertiary/aromatic N) is 1. The molecule has 4 nitrogen and oxygen atoms in total. The lowest BCUT2D eigenvalue weighted by molar-refractivity contribution is 0.0724. The standard InChI is InChI=1S/C13H17NO.C10H16N2.C2H6/c1-11-6-5-7-12(10-11)13(15)14-8-3-2-4-9-14;1-11-8-9-12-10-6-4-2-3-5-7-10;1-2/h5-7,10H,2-4,8-9H2,1H3;2-4,6-7,11-12H,5,8-9H2,1H3;1-2H3. The Balaban J connectivity index is 0.000000273. The van der Waals surface area contributed by atoms with Gasteiger partial charge in [-0.2, -0.15) is 0 Å². The van der Waals surface area contributed by atoms with Gasteiger partial charge in [-0.3, -0.25) is 4.79 Å². The van der Waals surface area contributed by atoms with E-state index in [9.17, 15) is 4.79 Å². The molecule has 1 amide bonds. The fourth-order valence-corrected chi connectivity index (χ4v) is 3.10. The highest BCUT2D eigenvalue weighted by molar-refractivity contribution is 5.94. The van der Waals surface area contributed by atoms with E-state index >= 15 is 0 Å². The molecule has 1 aromatic carbocycles. The molecule has 0 unspecified atom stereocenters. The number of amides is 1. The second-order valence-electron chi connectivity index (χ2n) is 6.94. The summed E-state index contributed by atoms with van der Waals surface area (Å²) in [5, 5.41) is 6.43. The van der Waals surface area contributed by atoms with Crippen LogP contribution >= 0.6 is 0 Å². The lowest BCUT2D eigenvalue weighted by Gasteiger charge is -2.26. The first kappa shape index (κ1) is 24.7. The van der Waals surface area contributed by atoms with E-state index in [0.717, 1.165) is 56.6 Å². The van der Waals surface area contributed by atoms with E-state index in [2.05, 4.69) is 41.0 Å². The molecule has 1 aliphatic carbocycles. The maximum atomic E-state index is 12.1. The molecule has 3 rings (SSSR count). The van der Waals surface area contributed by atoms with Crippen LogP contribution in [0.3, 0.4) is 0 Å². The van der Waals surface area contributed by atoms with Crippen molar-refractivity contribution in [1.29, 1.82) is 0 Å². The summed E-state index contributed by atoms with van der Waals surface area (Å²) < 4.78 is 0. The zero-order valence-electron chi connectivity index (χ0n) is 18.7. The van der Waals surface area contributed by atoms with Crippen LogP contribution < -0.4 is 10.6 Å². The molecule has 1 aromatic rings. The van der Waals surface area contributed by atoms with Crippen LogP contribution in [0, 0.1) is 6.92 Å². The Morgan fingerprint density at radius 2 is 1.83 bits per heavy atom. The predicted octanol–water partition coefficient (Wildman–Crippen LogP) is 4.84. The molecule has 4 heteroatoms. The van der Waals surface area contributed by atoms with Gasteiger partial charge in [0.05, 0.1) is 0 Å². The van der Waals surface area contributed by atoms with Crippen molar-refractivity contribution in [3.8, 4) is 0 Å². The summed E-state index contributed by atoms with van der Waals surface area (Å²) in [6, 6.07) is 7.85. The quantitative estimate of drug-likeness (QED) is 0.699. The Kier molecular flexibility index (Phi) is 13.3. The van der Waals surface area contributed by atoms with Crippen LogP contribution in [-0.4, -0.2) is 44.0 Å². The molecule has 0 bridgehead atoms. The van der Waals surface area contributed by atoms with Crippen molar-refractivity contribution in [2.24, 2.45) is 0 Å². The van der Waals surface area contributed by atoms with Gasteiger partial charge in [0.1, 0.15) is 0 Å². The molecule has 2 N–H and O–H groups in total. The molecule has 1 saturated heterocycles. The van der Waals surface area contributed by atoms with Gasteiger partial charge in [-0.05, 0) is 57.9 Å². The minimum Gasteiger partial charge on any atom is -0.384 e. The number of allylic oxidation sites excluding steroid dienone is 5. The van der Waals surface area contributed by atoms with Crippen molar-refractivity contribution in [2.45, 2.75) is 46.5 Å². The molecule has 29 heavy (non-hydrogen) atoms. The van der Waals surface area contributed by atoms with E-state index in [1.165, 1.54) is 12.1 Å². The highest BCUT2D eigenvalue weighted by atomic mass is 16.2. The maximum absolute atomic E-state index is 12.1. The number of likely N-dealkylation sites (N-methyl/N-ethyl adjacent to an activating group) is 1. The van der Waals surface area contributed by atoms with Gasteiger partial charge in [-0.15, -0.1) is 0 Å². The molecular weight excluding hydrogens is 358 g/mol. The molecule has 1 aliphatic heterocycles. The highest BCUT2D eigenvalue weighted by Crippen LogP contribution is 2.13. The minimum absolute atomic E-state index is 0.193. The number of piperidine rings is 1. The van der Waals surface area contributed by atoms with E-state index in [1.807, 2.05) is 57.0 Å². The van der Waals surface area contributed by atoms with E-state index in [4.69, 9.17) is 0 Å². The average molecular weight is 398 g/mol. The van der Waals surface area contributed by atoms with Crippen molar-refractivity contribution >= 4 is 5.91 Å². The molecule has 0 aromatic heterocycles. The Bertz CT molecular complexity index is 670. The summed E-state index contributed by atoms with van der Waals surface area (Å²) >= 11 is 0. The molecule has 0 saturated carbocycles. The van der Waals surface area contributed by atoms with Gasteiger partial charge in [0, 0.05) is 37.4 Å². The minimum atomic E-state index is 0.193. The Hall–Kier alpha value is -2.33. The summed E-state index contributed by atoms with van der Waals surface area (Å²) in [5.41, 5.74) is 3.20. The number of hydrogen-bond acceptors (Lipinski definition) is 3. The topological polar surface area (TPSA) is 44.4 Å². The van der Waals surface area contributed by atoms with Crippen LogP contribution in [-0.2, 0) is 0 Å². The van der Waals surface area contributed by atoms with Crippen LogP contribution in [0.2, 0.25) is 0 Å². The number of carbonyl (C=O) groups excluding carboxylic acids is 1. The van der Waals surface area contributed by atoms with E-state index in [0.29, 0.717) is 0 Å². The summed E-state index contributed by atoms with van der Waals surface area (Å²) in [6.07, 6.45) is 15.1. The van der Waals surface area contributed by atoms with Gasteiger partial charge >= 0.3 is 0 Å². The molecule has 0 spiro atoms. The zero-order valence-corrected chi connectivity index (χ0v) is 18.7. The number of carbonyl (C=O) groups is 1. The zero-order chi connectivity index (χ0) is 21.3. The maximum Gasteiger partial charge on any atom is 0.253 e. The van der Waals surface area contributed by atoms with Gasteiger partial charge < -0.3 is 15.5 Å². The summed E-state index contributed by atoms with van der Waals surface area (Å²) in [7, 11) is 1.96. The number of hydrogen-bond donors (Lipinski definition) is 2. The number of rotatable bonds is 5. The van der Waals surface area contributed by atoms with Crippen LogP contribution in [0.5, 0.6) is 0 Å². The first-order valence-electron chi connectivity index (χ1n) is 11.0. The van der Waals surface area contributed by atoms with Gasteiger partial charge in [0.2, 0.25) is 0 Å². The van der Waals surface area contributed by atoms with Crippen LogP contribution in [0.15, 0.2) is 60.3 Å². The summed E-state index contributed by atoms with van der Waals surface area (Å²) in [6.45, 7) is 9.85. The lowest BCUT2D eigenvalue weighted by atomic mass is 10.1. The van der Waals surface area contributed by atoms with Gasteiger partial charge in [0.15, 0.2) is 0 Å². The third kappa shape index (κ3) is 10.1. The largest absolute Gasteiger partial charge is 0.384 e. The van der Waals surface area contributed by atoms with E-state index in [1.54, 1.807) is 0 Å². The number of nitrogens with one attached hydrogen (secondary N) is 2. The highest BCUT2D eigenvalue weighted by Gasteiger charge is 2.17. The van der Waals surface area contributed by atoms with Gasteiger partial charge in [-0.1, -0.05) is 55.8 Å². The molecule has 1 heterocycles. The molecule has 0 radical (unpaired) electrons. The van der Waals surface area contributed by atoms with Crippen LogP contribution in [0.25, 0.3) is 0 Å². The molecule has 2 aliphatic rings. The molecular formula is C25H39N3O. The average Bonchev–Trinajstić information content (AvgIpc) is 3.05. The Morgan fingerprint density at radius 1 is 1.07 bits per heavy atom. The Labute approximate surface area is 177 Å². The van der Waals surface area contributed by atoms with E-state index in [-0.39, 0.29) is 5.91 Å². The monoisotopic (exact) mass is 397 g/mol. The van der Waals surface area contributed by atoms with Gasteiger partial charge in [0.25, 0.3) is 5.91 Å². The van der Waals surface area contributed by atoms with Crippen molar-refractivity contribution in [2.75, 3.05) is 33.2 Å². The SMILES string of the molecule is CC.CNCCNC1=CCC=CC=C1.Cc1cccc(C(=O)N2CCCCC2)c1. The van der Waals surface area contributed by atoms with Crippen LogP contribution in [0.1, 0.15) is 55.5 Å². The smallest absolute Gasteiger partial charge is 0.253 e. The van der Waals surface area contributed by atoms with Crippen molar-refractivity contribution in [3.63, 3.8) is 0 Å². The number of likely N-dealkylation sites (tertiary alicyclic amines) is 1. The second-order valence-corrected chi connectivity index (χ2v) is 6.94. The Morgan fingerprint density at radius 3 is 2.52 bits per heavy atom. The first-order valence-corrected chi connectivity index (χ1v) is 11.0. The fourth-order valence-electron chi connectivity index (χ4n) is 3.10. The molecule has 1 fully saturated rings. The fraction of sp³-hybridized carbons (Fsp3) is 0.480. The third-order valence-corrected chi connectivity index (χ3v) is 4.61. The third-order valence-electron chi connectivity index (χ3n) is 4.61. The number of benzene rings is 1. The first-order chi connectivity index (χ1) is 14.2. The molecule has 0 atom stereocenters. The molecule has 160 valence electrons. The lowest BCUT2D eigenvalue weighted by Crippen LogP contribution is -2.35. The van der Waals surface area contributed by atoms with Crippen molar-refractivity contribution in [1.82, 2.24) is 15.5 Å². The normalized spacial score (nSPS) is 15.2. The van der Waals surface area contributed by atoms with Gasteiger partial charge in [-0.25, -0.2) is 0 Å². The van der Waals surface area contributed by atoms with Crippen LogP contribution in [0.4, 0.5) is 0 Å². The van der Waals surface area contributed by atoms with Crippen molar-refractivity contribution in [3.05, 3.63) is 71.5 Å². The summed E-state index contributed by atoms with van der Waals surface area (Å²) in [5.74, 6) is 0.193. The van der Waals surface area contributed by atoms with E-state index < -0.39 is 0 Å². The summed E-state index contributed by atoms with van der Waals surface area (Å²) in [4.78, 5) is 14.0. The number of aryl methyl sites for hydroxylation is 1. The second kappa shape index (κ2) is 15.6. The predicted molar refractivity (Wildman–Crippen MR) is 125 cm³/mol.